The van der Waals surface area contributed by atoms with Crippen molar-refractivity contribution in [2.24, 2.45) is 0 Å². The van der Waals surface area contributed by atoms with Crippen molar-refractivity contribution in [2.75, 3.05) is 7.11 Å². The first kappa shape index (κ1) is 7.43. The molecule has 0 saturated carbocycles. The summed E-state index contributed by atoms with van der Waals surface area (Å²) in [6, 6.07) is 1.39. The first-order valence-corrected chi connectivity index (χ1v) is 1.91. The third kappa shape index (κ3) is 4.28. The third-order valence-electron chi connectivity index (χ3n) is 0.435. The molecule has 0 amide bonds. The molecule has 0 unspecified atom stereocenters. The van der Waals surface area contributed by atoms with Gasteiger partial charge in [-0.3, -0.25) is 0 Å². The molecule has 48 valence electrons. The maximum absolute atomic E-state index is 10.0. The van der Waals surface area contributed by atoms with Gasteiger partial charge in [-0.05, 0) is 0 Å². The summed E-state index contributed by atoms with van der Waals surface area (Å²) in [5, 5.41) is 9.44. The molecule has 0 aromatic heterocycles. The highest BCUT2D eigenvalue weighted by Gasteiger charge is 1.92. The molecule has 9 heavy (non-hydrogen) atoms. The van der Waals surface area contributed by atoms with Crippen LogP contribution < -0.4 is 0 Å². The average Bonchev–Trinajstić information content (AvgIpc) is 1.83. The summed E-state index contributed by atoms with van der Waals surface area (Å²) in [5.41, 5.74) is 0. The Morgan fingerprint density at radius 1 is 1.78 bits per heavy atom. The Bertz CT molecular complexity index is 186. The van der Waals surface area contributed by atoms with E-state index in [9.17, 15) is 14.9 Å². The van der Waals surface area contributed by atoms with Gasteiger partial charge in [0.25, 0.3) is 0 Å². The maximum Gasteiger partial charge on any atom is 0.390 e. The van der Waals surface area contributed by atoms with Crippen LogP contribution in [-0.2, 0) is 9.53 Å². The molecule has 0 N–H and O–H groups in total. The molecule has 0 aromatic carbocycles. The zero-order valence-corrected chi connectivity index (χ0v) is 4.58. The number of nitro groups is 1. The number of hydrogen-bond acceptors (Lipinski definition) is 4. The zero-order chi connectivity index (χ0) is 7.28. The smallest absolute Gasteiger partial charge is 0.390 e. The lowest BCUT2D eigenvalue weighted by Gasteiger charge is -1.80. The van der Waals surface area contributed by atoms with Crippen molar-refractivity contribution in [3.63, 3.8) is 0 Å². The van der Waals surface area contributed by atoms with Crippen LogP contribution in [0.3, 0.4) is 0 Å². The Labute approximate surface area is 50.8 Å². The van der Waals surface area contributed by atoms with Crippen molar-refractivity contribution in [3.8, 4) is 12.0 Å². The van der Waals surface area contributed by atoms with Crippen LogP contribution in [0.4, 0.5) is 0 Å². The number of carbonyl (C=O) groups excluding carboxylic acids is 1. The summed E-state index contributed by atoms with van der Waals surface area (Å²) in [6.07, 6.45) is 0. The number of ether oxygens (including phenoxy) is 1. The Morgan fingerprint density at radius 2 is 2.33 bits per heavy atom. The van der Waals surface area contributed by atoms with Crippen LogP contribution in [0.15, 0.2) is 0 Å². The van der Waals surface area contributed by atoms with Gasteiger partial charge in [-0.2, -0.15) is 0 Å². The van der Waals surface area contributed by atoms with Crippen molar-refractivity contribution >= 4 is 5.97 Å². The molecule has 0 spiro atoms. The summed E-state index contributed by atoms with van der Waals surface area (Å²) in [7, 11) is 1.09. The average molecular weight is 129 g/mol. The van der Waals surface area contributed by atoms with Crippen molar-refractivity contribution in [1.82, 2.24) is 0 Å². The highest BCUT2D eigenvalue weighted by atomic mass is 16.6. The van der Waals surface area contributed by atoms with Crippen molar-refractivity contribution in [2.45, 2.75) is 0 Å². The fourth-order valence-corrected chi connectivity index (χ4v) is 0.142. The lowest BCUT2D eigenvalue weighted by Crippen LogP contribution is -1.96. The van der Waals surface area contributed by atoms with Crippen molar-refractivity contribution in [3.05, 3.63) is 10.1 Å². The molecule has 0 aliphatic rings. The van der Waals surface area contributed by atoms with Crippen LogP contribution in [0.1, 0.15) is 0 Å². The first-order valence-electron chi connectivity index (χ1n) is 1.91. The van der Waals surface area contributed by atoms with Crippen molar-refractivity contribution in [1.29, 1.82) is 0 Å². The minimum atomic E-state index is -0.920. The van der Waals surface area contributed by atoms with Gasteiger partial charge >= 0.3 is 12.0 Å². The van der Waals surface area contributed by atoms with Gasteiger partial charge in [0.15, 0.2) is 0 Å². The fourth-order valence-electron chi connectivity index (χ4n) is 0.142. The molecule has 0 rings (SSSR count). The Kier molecular flexibility index (Phi) is 2.84. The number of esters is 1. The second kappa shape index (κ2) is 3.43. The van der Waals surface area contributed by atoms with Crippen LogP contribution in [0, 0.1) is 22.1 Å². The molecule has 0 aliphatic carbocycles. The van der Waals surface area contributed by atoms with Gasteiger partial charge in [0.2, 0.25) is 0 Å². The predicted molar refractivity (Wildman–Crippen MR) is 26.8 cm³/mol. The number of methoxy groups -OCH3 is 1. The summed E-state index contributed by atoms with van der Waals surface area (Å²) in [4.78, 5) is 18.5. The molecule has 0 heterocycles. The topological polar surface area (TPSA) is 69.4 Å². The van der Waals surface area contributed by atoms with Gasteiger partial charge in [0.05, 0.1) is 13.0 Å². The number of nitrogens with zero attached hydrogens (tertiary/aromatic N) is 1. The van der Waals surface area contributed by atoms with Gasteiger partial charge in [-0.15, -0.1) is 0 Å². The SMILES string of the molecule is COC(=O)C#C[N+](=O)[O-]. The molecule has 0 atom stereocenters. The van der Waals surface area contributed by atoms with E-state index in [0.29, 0.717) is 0 Å². The minimum absolute atomic E-state index is 0.910. The molecular weight excluding hydrogens is 126 g/mol. The molecule has 0 aromatic rings. The highest BCUT2D eigenvalue weighted by Crippen LogP contribution is 1.67. The number of hydrogen-bond donors (Lipinski definition) is 0. The molecule has 0 aliphatic heterocycles. The number of rotatable bonds is 0. The van der Waals surface area contributed by atoms with E-state index in [1.165, 1.54) is 6.04 Å². The third-order valence-corrected chi connectivity index (χ3v) is 0.435. The van der Waals surface area contributed by atoms with E-state index in [2.05, 4.69) is 4.74 Å². The van der Waals surface area contributed by atoms with Crippen LogP contribution >= 0.6 is 0 Å². The van der Waals surface area contributed by atoms with Gasteiger partial charge in [0.1, 0.15) is 4.92 Å². The maximum atomic E-state index is 10.0. The van der Waals surface area contributed by atoms with Gasteiger partial charge in [-0.25, -0.2) is 14.9 Å². The van der Waals surface area contributed by atoms with Crippen LogP contribution in [0.25, 0.3) is 0 Å². The van der Waals surface area contributed by atoms with E-state index < -0.39 is 10.9 Å². The second-order valence-corrected chi connectivity index (χ2v) is 0.985. The fraction of sp³-hybridized carbons (Fsp3) is 0.250. The van der Waals surface area contributed by atoms with E-state index in [4.69, 9.17) is 0 Å². The van der Waals surface area contributed by atoms with Crippen LogP contribution in [0.2, 0.25) is 0 Å². The van der Waals surface area contributed by atoms with Crippen molar-refractivity contribution < 1.29 is 14.5 Å². The molecule has 0 radical (unpaired) electrons. The molecule has 5 nitrogen and oxygen atoms in total. The molecule has 0 saturated heterocycles. The summed E-state index contributed by atoms with van der Waals surface area (Å²) < 4.78 is 3.98. The predicted octanol–water partition coefficient (Wildman–Crippen LogP) is -0.603. The lowest BCUT2D eigenvalue weighted by molar-refractivity contribution is -0.379. The number of carbonyl (C=O) groups is 1. The minimum Gasteiger partial charge on any atom is -0.459 e. The highest BCUT2D eigenvalue weighted by molar-refractivity contribution is 5.87. The zero-order valence-electron chi connectivity index (χ0n) is 4.58. The largest absolute Gasteiger partial charge is 0.459 e. The standard InChI is InChI=1S/C4H3NO4/c1-9-4(6)2-3-5(7)8/h1H3. The Morgan fingerprint density at radius 3 is 2.67 bits per heavy atom. The summed E-state index contributed by atoms with van der Waals surface area (Å²) in [6.45, 7) is 0. The molecule has 0 bridgehead atoms. The first-order chi connectivity index (χ1) is 4.16. The van der Waals surface area contributed by atoms with Gasteiger partial charge < -0.3 is 4.74 Å². The van der Waals surface area contributed by atoms with E-state index in [0.717, 1.165) is 7.11 Å². The van der Waals surface area contributed by atoms with E-state index in [1.807, 2.05) is 0 Å². The molecule has 0 fully saturated rings. The second-order valence-electron chi connectivity index (χ2n) is 0.985. The summed E-state index contributed by atoms with van der Waals surface area (Å²) in [5.74, 6) is 0.711. The van der Waals surface area contributed by atoms with Crippen LogP contribution in [-0.4, -0.2) is 18.0 Å². The Balaban J connectivity index is 3.88. The normalized spacial score (nSPS) is 6.78. The quantitative estimate of drug-likeness (QED) is 0.144. The van der Waals surface area contributed by atoms with E-state index >= 15 is 0 Å². The Hall–Kier alpha value is -1.57. The van der Waals surface area contributed by atoms with E-state index in [1.54, 1.807) is 5.92 Å². The van der Waals surface area contributed by atoms with Gasteiger partial charge in [0, 0.05) is 0 Å². The lowest BCUT2D eigenvalue weighted by atomic mass is 10.7. The molecule has 5 heteroatoms. The van der Waals surface area contributed by atoms with Gasteiger partial charge in [-0.1, -0.05) is 0 Å². The van der Waals surface area contributed by atoms with E-state index in [-0.39, 0.29) is 0 Å². The molecular formula is C4H3NO4. The van der Waals surface area contributed by atoms with Crippen LogP contribution in [0.5, 0.6) is 0 Å². The monoisotopic (exact) mass is 129 g/mol. The summed E-state index contributed by atoms with van der Waals surface area (Å²) >= 11 is 0.